The third-order valence-corrected chi connectivity index (χ3v) is 2.87. The van der Waals surface area contributed by atoms with Crippen LogP contribution in [0, 0.1) is 0 Å². The van der Waals surface area contributed by atoms with Gasteiger partial charge in [0.05, 0.1) is 5.56 Å². The Labute approximate surface area is 122 Å². The highest BCUT2D eigenvalue weighted by Crippen LogP contribution is 2.35. The first-order valence-electron chi connectivity index (χ1n) is 5.98. The summed E-state index contributed by atoms with van der Waals surface area (Å²) < 4.78 is 0. The van der Waals surface area contributed by atoms with E-state index < -0.39 is 23.2 Å². The normalized spacial score (nSPS) is 10.7. The zero-order valence-corrected chi connectivity index (χ0v) is 10.8. The van der Waals surface area contributed by atoms with E-state index in [9.17, 15) is 25.2 Å². The molecule has 4 N–H and O–H groups in total. The molecule has 22 heavy (non-hydrogen) atoms. The Hall–Kier alpha value is -3.49. The lowest BCUT2D eigenvalue weighted by molar-refractivity contribution is 0.0407. The van der Waals surface area contributed by atoms with Crippen molar-refractivity contribution in [2.75, 3.05) is 0 Å². The lowest BCUT2D eigenvalue weighted by Crippen LogP contribution is -2.21. The molecule has 0 fully saturated rings. The average molecular weight is 303 g/mol. The summed E-state index contributed by atoms with van der Waals surface area (Å²) in [6, 6.07) is 6.04. The fraction of sp³-hybridized carbons (Fsp3) is 0. The van der Waals surface area contributed by atoms with E-state index in [4.69, 9.17) is 4.84 Å². The zero-order chi connectivity index (χ0) is 15.9. The van der Waals surface area contributed by atoms with E-state index in [0.717, 1.165) is 17.0 Å². The first-order valence-corrected chi connectivity index (χ1v) is 5.98. The van der Waals surface area contributed by atoms with Crippen LogP contribution in [0.4, 0.5) is 0 Å². The van der Waals surface area contributed by atoms with Crippen LogP contribution in [0.15, 0.2) is 30.3 Å². The van der Waals surface area contributed by atoms with Crippen LogP contribution in [0.25, 0.3) is 11.0 Å². The van der Waals surface area contributed by atoms with Crippen molar-refractivity contribution in [3.05, 3.63) is 35.9 Å². The second-order valence-corrected chi connectivity index (χ2v) is 4.38. The minimum absolute atomic E-state index is 0.0629. The maximum atomic E-state index is 12.0. The van der Waals surface area contributed by atoms with Crippen LogP contribution in [-0.4, -0.2) is 41.6 Å². The van der Waals surface area contributed by atoms with E-state index >= 15 is 0 Å². The van der Waals surface area contributed by atoms with Gasteiger partial charge >= 0.3 is 5.97 Å². The lowest BCUT2D eigenvalue weighted by atomic mass is 10.2. The summed E-state index contributed by atoms with van der Waals surface area (Å²) >= 11 is 0. The molecule has 0 spiro atoms. The Balaban J connectivity index is 1.95. The number of rotatable bonds is 2. The zero-order valence-electron chi connectivity index (χ0n) is 10.8. The number of aromatic nitrogens is 3. The molecule has 0 aliphatic rings. The van der Waals surface area contributed by atoms with Gasteiger partial charge in [-0.3, -0.25) is 0 Å². The van der Waals surface area contributed by atoms with E-state index in [1.807, 2.05) is 0 Å². The molecule has 9 nitrogen and oxygen atoms in total. The summed E-state index contributed by atoms with van der Waals surface area (Å²) in [5, 5.41) is 44.8. The number of phenols is 4. The highest BCUT2D eigenvalue weighted by Gasteiger charge is 2.17. The van der Waals surface area contributed by atoms with Gasteiger partial charge in [0.1, 0.15) is 16.8 Å². The first-order chi connectivity index (χ1) is 10.5. The number of carbonyl (C=O) groups is 1. The quantitative estimate of drug-likeness (QED) is 0.397. The van der Waals surface area contributed by atoms with Gasteiger partial charge < -0.3 is 25.3 Å². The van der Waals surface area contributed by atoms with Crippen LogP contribution < -0.4 is 4.84 Å². The van der Waals surface area contributed by atoms with Gasteiger partial charge in [0.25, 0.3) is 0 Å². The molecule has 0 bridgehead atoms. The van der Waals surface area contributed by atoms with Gasteiger partial charge in [0.2, 0.25) is 0 Å². The second-order valence-electron chi connectivity index (χ2n) is 4.38. The maximum absolute atomic E-state index is 12.0. The molecular formula is C13H9N3O6. The Bertz CT molecular complexity index is 866. The van der Waals surface area contributed by atoms with Crippen LogP contribution >= 0.6 is 0 Å². The van der Waals surface area contributed by atoms with Gasteiger partial charge in [-0.15, -0.1) is 5.10 Å². The monoisotopic (exact) mass is 303 g/mol. The van der Waals surface area contributed by atoms with Gasteiger partial charge in [-0.25, -0.2) is 4.79 Å². The number of hydrogen-bond donors (Lipinski definition) is 4. The predicted octanol–water partition coefficient (Wildman–Crippen LogP) is 0.523. The van der Waals surface area contributed by atoms with Gasteiger partial charge in [0.15, 0.2) is 17.2 Å². The van der Waals surface area contributed by atoms with Crippen LogP contribution in [0.3, 0.4) is 0 Å². The molecule has 0 amide bonds. The number of hydrogen-bond acceptors (Lipinski definition) is 8. The van der Waals surface area contributed by atoms with Crippen LogP contribution in [0.1, 0.15) is 10.4 Å². The number of aromatic hydroxyl groups is 4. The van der Waals surface area contributed by atoms with Gasteiger partial charge in [-0.2, -0.15) is 0 Å². The van der Waals surface area contributed by atoms with Gasteiger partial charge in [-0.05, 0) is 29.5 Å². The SMILES string of the molecule is O=C(On1nnc2ccc(O)cc21)c1cc(O)c(O)c(O)c1. The van der Waals surface area contributed by atoms with Crippen molar-refractivity contribution in [2.45, 2.75) is 0 Å². The van der Waals surface area contributed by atoms with Crippen molar-refractivity contribution in [1.29, 1.82) is 0 Å². The van der Waals surface area contributed by atoms with Crippen molar-refractivity contribution in [1.82, 2.24) is 15.2 Å². The van der Waals surface area contributed by atoms with E-state index in [2.05, 4.69) is 10.3 Å². The van der Waals surface area contributed by atoms with Crippen LogP contribution in [0.2, 0.25) is 0 Å². The minimum Gasteiger partial charge on any atom is -0.508 e. The number of fused-ring (bicyclic) bond motifs is 1. The number of phenolic OH excluding ortho intramolecular Hbond substituents is 4. The highest BCUT2D eigenvalue weighted by atomic mass is 16.7. The third-order valence-electron chi connectivity index (χ3n) is 2.87. The molecule has 9 heteroatoms. The van der Waals surface area contributed by atoms with E-state index in [1.165, 1.54) is 18.2 Å². The summed E-state index contributed by atoms with van der Waals surface area (Å²) in [5.74, 6) is -3.11. The molecule has 2 aromatic carbocycles. The van der Waals surface area contributed by atoms with E-state index in [1.54, 1.807) is 0 Å². The Morgan fingerprint density at radius 2 is 1.73 bits per heavy atom. The smallest absolute Gasteiger partial charge is 0.366 e. The lowest BCUT2D eigenvalue weighted by Gasteiger charge is -2.06. The van der Waals surface area contributed by atoms with Gasteiger partial charge in [0, 0.05) is 6.07 Å². The van der Waals surface area contributed by atoms with Crippen molar-refractivity contribution >= 4 is 17.0 Å². The van der Waals surface area contributed by atoms with Crippen molar-refractivity contribution in [3.8, 4) is 23.0 Å². The summed E-state index contributed by atoms with van der Waals surface area (Å²) in [4.78, 5) is 17.7. The first kappa shape index (κ1) is 13.5. The summed E-state index contributed by atoms with van der Waals surface area (Å²) in [6.45, 7) is 0. The molecule has 0 saturated carbocycles. The van der Waals surface area contributed by atoms with E-state index in [-0.39, 0.29) is 16.8 Å². The molecular weight excluding hydrogens is 294 g/mol. The molecule has 1 aromatic heterocycles. The molecule has 1 heterocycles. The number of nitrogens with zero attached hydrogens (tertiary/aromatic N) is 3. The summed E-state index contributed by atoms with van der Waals surface area (Å²) in [5.41, 5.74) is 0.430. The minimum atomic E-state index is -0.958. The molecule has 112 valence electrons. The number of carbonyl (C=O) groups excluding carboxylic acids is 1. The molecule has 0 aliphatic carbocycles. The summed E-state index contributed by atoms with van der Waals surface area (Å²) in [7, 11) is 0. The topological polar surface area (TPSA) is 138 Å². The largest absolute Gasteiger partial charge is 0.508 e. The van der Waals surface area contributed by atoms with Gasteiger partial charge in [-0.1, -0.05) is 4.85 Å². The average Bonchev–Trinajstić information content (AvgIpc) is 2.86. The van der Waals surface area contributed by atoms with E-state index in [0.29, 0.717) is 5.52 Å². The second kappa shape index (κ2) is 4.81. The molecule has 3 aromatic rings. The number of benzene rings is 2. The Morgan fingerprint density at radius 3 is 2.41 bits per heavy atom. The van der Waals surface area contributed by atoms with Crippen LogP contribution in [-0.2, 0) is 0 Å². The molecule has 0 saturated heterocycles. The fourth-order valence-electron chi connectivity index (χ4n) is 1.81. The molecule has 3 rings (SSSR count). The third kappa shape index (κ3) is 2.20. The Kier molecular flexibility index (Phi) is 2.95. The predicted molar refractivity (Wildman–Crippen MR) is 71.5 cm³/mol. The maximum Gasteiger partial charge on any atom is 0.366 e. The highest BCUT2D eigenvalue weighted by molar-refractivity contribution is 5.91. The molecule has 0 radical (unpaired) electrons. The van der Waals surface area contributed by atoms with Crippen LogP contribution in [0.5, 0.6) is 23.0 Å². The van der Waals surface area contributed by atoms with Crippen molar-refractivity contribution < 1.29 is 30.1 Å². The molecule has 0 aliphatic heterocycles. The summed E-state index contributed by atoms with van der Waals surface area (Å²) in [6.07, 6.45) is 0. The van der Waals surface area contributed by atoms with Crippen molar-refractivity contribution in [3.63, 3.8) is 0 Å². The van der Waals surface area contributed by atoms with Crippen molar-refractivity contribution in [2.24, 2.45) is 0 Å². The molecule has 0 atom stereocenters. The Morgan fingerprint density at radius 1 is 1.05 bits per heavy atom. The molecule has 0 unspecified atom stereocenters. The fourth-order valence-corrected chi connectivity index (χ4v) is 1.81. The standard InChI is InChI=1S/C13H9N3O6/c17-7-1-2-8-9(5-7)16(15-14-8)22-13(21)6-3-10(18)12(20)11(19)4-6/h1-5,17-20H.